The molecule has 54 heavy (non-hydrogen) atoms. The second-order valence-electron chi connectivity index (χ2n) is 14.3. The SMILES string of the molecule is c1ccc(N2c3cccc[c]3[Al]3[c]4nc5[c](cc4Oc4cccc2[c]43)[Al]2[c]3ccccc3N(c3ccccc3)c3cccc([c]32)N5c2ccccc2)cc1. The van der Waals surface area contributed by atoms with E-state index >= 15 is 0 Å². The Morgan fingerprint density at radius 3 is 1.44 bits per heavy atom. The molecule has 0 saturated carbocycles. The fraction of sp³-hybridized carbons (Fsp3) is 0. The maximum Gasteiger partial charge on any atom is 0.430 e. The summed E-state index contributed by atoms with van der Waals surface area (Å²) in [6.45, 7) is 0. The molecule has 8 aromatic rings. The Morgan fingerprint density at radius 1 is 0.370 bits per heavy atom. The quantitative estimate of drug-likeness (QED) is 0.176. The lowest BCUT2D eigenvalue weighted by Crippen LogP contribution is -2.64. The molecule has 0 radical (unpaired) electrons. The molecular formula is C47H30Al2N4O. The van der Waals surface area contributed by atoms with E-state index in [1.807, 2.05) is 0 Å². The summed E-state index contributed by atoms with van der Waals surface area (Å²) in [5.41, 5.74) is 9.52. The molecule has 0 N–H and O–H groups in total. The maximum atomic E-state index is 7.08. The number of anilines is 9. The fourth-order valence-electron chi connectivity index (χ4n) is 9.36. The highest BCUT2D eigenvalue weighted by Crippen LogP contribution is 2.45. The van der Waals surface area contributed by atoms with Crippen LogP contribution in [0.25, 0.3) is 0 Å². The van der Waals surface area contributed by atoms with E-state index in [9.17, 15) is 0 Å². The molecule has 4 aliphatic rings. The van der Waals surface area contributed by atoms with Crippen molar-refractivity contribution in [3.63, 3.8) is 0 Å². The number of fused-ring (bicyclic) bond motifs is 8. The van der Waals surface area contributed by atoms with Crippen molar-refractivity contribution in [2.45, 2.75) is 0 Å². The van der Waals surface area contributed by atoms with Crippen molar-refractivity contribution >= 4 is 106 Å². The molecule has 0 bridgehead atoms. The Kier molecular flexibility index (Phi) is 6.61. The van der Waals surface area contributed by atoms with Gasteiger partial charge in [-0.3, -0.25) is 9.88 Å². The van der Waals surface area contributed by atoms with E-state index in [4.69, 9.17) is 9.72 Å². The second kappa shape index (κ2) is 11.7. The molecule has 12 rings (SSSR count). The molecule has 0 atom stereocenters. The average molecular weight is 721 g/mol. The number of rotatable bonds is 3. The van der Waals surface area contributed by atoms with Gasteiger partial charge in [0.1, 0.15) is 17.3 Å². The highest BCUT2D eigenvalue weighted by atomic mass is 27.2. The van der Waals surface area contributed by atoms with Gasteiger partial charge in [0.05, 0.1) is 0 Å². The number of hydrogen-bond donors (Lipinski definition) is 0. The van der Waals surface area contributed by atoms with Crippen molar-refractivity contribution in [3.05, 3.63) is 182 Å². The first-order valence-corrected chi connectivity index (χ1v) is 22.0. The van der Waals surface area contributed by atoms with E-state index in [2.05, 4.69) is 197 Å². The number of nitrogens with zero attached hydrogens (tertiary/aromatic N) is 4. The lowest BCUT2D eigenvalue weighted by Gasteiger charge is -2.44. The molecular weight excluding hydrogens is 691 g/mol. The first-order chi connectivity index (χ1) is 26.8. The van der Waals surface area contributed by atoms with E-state index in [-0.39, 0.29) is 0 Å². The second-order valence-corrected chi connectivity index (χ2v) is 19.6. The fourth-order valence-corrected chi connectivity index (χ4v) is 16.3. The molecule has 250 valence electrons. The van der Waals surface area contributed by atoms with Crippen LogP contribution in [-0.4, -0.2) is 33.3 Å². The lowest BCUT2D eigenvalue weighted by molar-refractivity contribution is 0.486. The highest BCUT2D eigenvalue weighted by Gasteiger charge is 2.49. The normalized spacial score (nSPS) is 13.9. The number of para-hydroxylation sites is 5. The van der Waals surface area contributed by atoms with Gasteiger partial charge >= 0.3 is 28.3 Å². The molecule has 1 aromatic heterocycles. The molecule has 0 spiro atoms. The molecule has 5 nitrogen and oxygen atoms in total. The van der Waals surface area contributed by atoms with Crippen LogP contribution in [0.5, 0.6) is 11.5 Å². The van der Waals surface area contributed by atoms with Crippen molar-refractivity contribution in [1.82, 2.24) is 4.98 Å². The predicted molar refractivity (Wildman–Crippen MR) is 224 cm³/mol. The van der Waals surface area contributed by atoms with Crippen LogP contribution in [0.15, 0.2) is 182 Å². The standard InChI is InChI=1S/C47H30N4O.2Al/c1-6-18-37(19-7-1)49(38-20-8-2-9-21-38)42-28-16-29-43(34-42)51(41-26-14-5-15-27-41)47-33-32-46(36-48-47)52-45-31-17-30-44(35-45)50(39-22-10-3-11-23-39)40-24-12-4-13-25-40;;/h1-20,22-24,26-32H;;. The Labute approximate surface area is 322 Å². The minimum absolute atomic E-state index is 0.905. The summed E-state index contributed by atoms with van der Waals surface area (Å²) in [4.78, 5) is 13.2. The summed E-state index contributed by atoms with van der Waals surface area (Å²) in [5.74, 6) is 2.89. The number of hydrogen-bond acceptors (Lipinski definition) is 5. The first-order valence-electron chi connectivity index (χ1n) is 18.6. The Morgan fingerprint density at radius 2 is 0.833 bits per heavy atom. The number of pyridine rings is 1. The van der Waals surface area contributed by atoms with E-state index < -0.39 is 28.3 Å². The van der Waals surface area contributed by atoms with E-state index in [1.54, 1.807) is 0 Å². The number of aromatic nitrogens is 1. The van der Waals surface area contributed by atoms with Gasteiger partial charge in [-0.25, -0.2) is 0 Å². The zero-order chi connectivity index (χ0) is 35.3. The van der Waals surface area contributed by atoms with Crippen LogP contribution in [0.4, 0.5) is 51.3 Å². The van der Waals surface area contributed by atoms with Gasteiger partial charge in [0.25, 0.3) is 0 Å². The average Bonchev–Trinajstić information content (AvgIpc) is 3.24. The van der Waals surface area contributed by atoms with Crippen molar-refractivity contribution in [2.75, 3.05) is 14.7 Å². The smallest absolute Gasteiger partial charge is 0.430 e. The maximum absolute atomic E-state index is 7.08. The molecule has 0 aliphatic carbocycles. The van der Waals surface area contributed by atoms with Crippen LogP contribution in [0.3, 0.4) is 0 Å². The van der Waals surface area contributed by atoms with Crippen LogP contribution in [0.1, 0.15) is 0 Å². The molecule has 7 aromatic carbocycles. The van der Waals surface area contributed by atoms with Gasteiger partial charge in [0.2, 0.25) is 0 Å². The van der Waals surface area contributed by atoms with E-state index in [0.29, 0.717) is 0 Å². The molecule has 0 fully saturated rings. The number of ether oxygens (including phenoxy) is 1. The van der Waals surface area contributed by atoms with Crippen LogP contribution in [0.2, 0.25) is 0 Å². The zero-order valence-corrected chi connectivity index (χ0v) is 31.5. The summed E-state index contributed by atoms with van der Waals surface area (Å²) >= 11 is -4.18. The molecule has 5 heterocycles. The van der Waals surface area contributed by atoms with Crippen LogP contribution < -0.4 is 46.1 Å². The Hall–Kier alpha value is -6.05. The molecule has 0 amide bonds. The monoisotopic (exact) mass is 720 g/mol. The van der Waals surface area contributed by atoms with Gasteiger partial charge in [-0.1, -0.05) is 121 Å². The Bertz CT molecular complexity index is 2800. The summed E-state index contributed by atoms with van der Waals surface area (Å²) in [6.07, 6.45) is 0. The lowest BCUT2D eigenvalue weighted by atomic mass is 10.1. The third-order valence-electron chi connectivity index (χ3n) is 11.5. The molecule has 7 heteroatoms. The largest absolute Gasteiger partial charge is 0.458 e. The zero-order valence-electron chi connectivity index (χ0n) is 29.2. The molecule has 0 unspecified atom stereocenters. The van der Waals surface area contributed by atoms with Crippen molar-refractivity contribution < 1.29 is 4.74 Å². The van der Waals surface area contributed by atoms with Gasteiger partial charge in [0, 0.05) is 50.1 Å². The first kappa shape index (κ1) is 30.4. The summed E-state index contributed by atoms with van der Waals surface area (Å²) in [6, 6.07) is 66.0. The minimum atomic E-state index is -2.11. The minimum Gasteiger partial charge on any atom is -0.458 e. The van der Waals surface area contributed by atoms with Crippen molar-refractivity contribution in [2.24, 2.45) is 0 Å². The summed E-state index contributed by atoms with van der Waals surface area (Å²) in [5, 5.41) is 0. The number of benzene rings is 7. The van der Waals surface area contributed by atoms with Crippen LogP contribution in [0, 0.1) is 0 Å². The third-order valence-corrected chi connectivity index (χ3v) is 18.0. The van der Waals surface area contributed by atoms with Gasteiger partial charge in [0.15, 0.2) is 0 Å². The highest BCUT2D eigenvalue weighted by molar-refractivity contribution is 7.01. The Balaban J connectivity index is 1.13. The summed E-state index contributed by atoms with van der Waals surface area (Å²) < 4.78 is 14.9. The van der Waals surface area contributed by atoms with Gasteiger partial charge < -0.3 is 14.5 Å². The van der Waals surface area contributed by atoms with Crippen LogP contribution in [-0.2, 0) is 0 Å². The summed E-state index contributed by atoms with van der Waals surface area (Å²) in [7, 11) is 0. The van der Waals surface area contributed by atoms with Crippen molar-refractivity contribution in [3.8, 4) is 11.5 Å². The van der Waals surface area contributed by atoms with Gasteiger partial charge in [-0.2, -0.15) is 0 Å². The van der Waals surface area contributed by atoms with Gasteiger partial charge in [-0.15, -0.1) is 0 Å². The van der Waals surface area contributed by atoms with Crippen LogP contribution >= 0.6 is 0 Å². The van der Waals surface area contributed by atoms with E-state index in [0.717, 1.165) is 38.9 Å². The third kappa shape index (κ3) is 4.24. The molecule has 4 aliphatic heterocycles. The van der Waals surface area contributed by atoms with Crippen molar-refractivity contribution in [1.29, 1.82) is 0 Å². The predicted octanol–water partition coefficient (Wildman–Crippen LogP) is 7.57. The van der Waals surface area contributed by atoms with Gasteiger partial charge in [-0.05, 0) is 83.3 Å². The topological polar surface area (TPSA) is 31.8 Å². The molecule has 0 saturated heterocycles. The van der Waals surface area contributed by atoms with E-state index in [1.165, 1.54) is 50.6 Å².